The molecule has 8 nitrogen and oxygen atoms in total. The van der Waals surface area contributed by atoms with E-state index >= 15 is 0 Å². The Morgan fingerprint density at radius 3 is 2.38 bits per heavy atom. The Morgan fingerprint density at radius 1 is 1.21 bits per heavy atom. The van der Waals surface area contributed by atoms with E-state index in [2.05, 4.69) is 5.32 Å². The number of primary sulfonamides is 1. The first-order valence-electron chi connectivity index (χ1n) is 7.43. The van der Waals surface area contributed by atoms with Gasteiger partial charge in [0.15, 0.2) is 0 Å². The molecule has 1 unspecified atom stereocenters. The van der Waals surface area contributed by atoms with Gasteiger partial charge in [-0.15, -0.1) is 0 Å². The van der Waals surface area contributed by atoms with E-state index in [1.54, 1.807) is 24.3 Å². The Bertz CT molecular complexity index is 803. The SMILES string of the molecule is CS(=O)(=O)N1CCCCC1C(=O)Nc1ccc(CS(N)(=O)=O)cc1. The number of hydrogen-bond donors (Lipinski definition) is 2. The minimum absolute atomic E-state index is 0.286. The van der Waals surface area contributed by atoms with E-state index in [1.165, 1.54) is 4.31 Å². The fraction of sp³-hybridized carbons (Fsp3) is 0.500. The van der Waals surface area contributed by atoms with Gasteiger partial charge in [0.2, 0.25) is 26.0 Å². The first-order chi connectivity index (χ1) is 11.1. The van der Waals surface area contributed by atoms with Crippen LogP contribution in [0.15, 0.2) is 24.3 Å². The number of hydrogen-bond acceptors (Lipinski definition) is 5. The first kappa shape index (κ1) is 18.8. The molecule has 24 heavy (non-hydrogen) atoms. The lowest BCUT2D eigenvalue weighted by atomic mass is 10.0. The molecular weight excluding hydrogens is 354 g/mol. The second kappa shape index (κ2) is 7.18. The van der Waals surface area contributed by atoms with Crippen molar-refractivity contribution in [2.24, 2.45) is 5.14 Å². The topological polar surface area (TPSA) is 127 Å². The molecule has 1 saturated heterocycles. The van der Waals surface area contributed by atoms with Crippen LogP contribution >= 0.6 is 0 Å². The molecule has 0 saturated carbocycles. The average Bonchev–Trinajstić information content (AvgIpc) is 2.47. The maximum Gasteiger partial charge on any atom is 0.242 e. The zero-order valence-corrected chi connectivity index (χ0v) is 14.9. The van der Waals surface area contributed by atoms with Crippen molar-refractivity contribution in [1.29, 1.82) is 0 Å². The van der Waals surface area contributed by atoms with E-state index < -0.39 is 26.1 Å². The third kappa shape index (κ3) is 5.26. The number of piperidine rings is 1. The summed E-state index contributed by atoms with van der Waals surface area (Å²) in [5, 5.41) is 7.66. The van der Waals surface area contributed by atoms with Crippen molar-refractivity contribution in [2.75, 3.05) is 18.1 Å². The van der Waals surface area contributed by atoms with Gasteiger partial charge in [-0.1, -0.05) is 18.6 Å². The van der Waals surface area contributed by atoms with Crippen LogP contribution in [0.1, 0.15) is 24.8 Å². The molecule has 0 aromatic heterocycles. The van der Waals surface area contributed by atoms with Crippen LogP contribution in [0.25, 0.3) is 0 Å². The molecule has 1 aliphatic heterocycles. The number of rotatable bonds is 5. The summed E-state index contributed by atoms with van der Waals surface area (Å²) in [7, 11) is -7.06. The van der Waals surface area contributed by atoms with Crippen LogP contribution in [0.4, 0.5) is 5.69 Å². The number of carbonyl (C=O) groups excluding carboxylic acids is 1. The third-order valence-corrected chi connectivity index (χ3v) is 5.80. The maximum absolute atomic E-state index is 12.4. The summed E-state index contributed by atoms with van der Waals surface area (Å²) in [6, 6.07) is 5.50. The van der Waals surface area contributed by atoms with Crippen molar-refractivity contribution in [3.63, 3.8) is 0 Å². The molecule has 2 rings (SSSR count). The molecule has 0 aliphatic carbocycles. The summed E-state index contributed by atoms with van der Waals surface area (Å²) in [6.07, 6.45) is 3.10. The number of sulfonamides is 2. The van der Waals surface area contributed by atoms with Crippen molar-refractivity contribution >= 4 is 31.6 Å². The van der Waals surface area contributed by atoms with E-state index in [0.29, 0.717) is 24.2 Å². The number of nitrogens with one attached hydrogen (secondary N) is 1. The van der Waals surface area contributed by atoms with E-state index in [1.807, 2.05) is 0 Å². The quantitative estimate of drug-likeness (QED) is 0.761. The van der Waals surface area contributed by atoms with Crippen LogP contribution in [0.5, 0.6) is 0 Å². The largest absolute Gasteiger partial charge is 0.325 e. The zero-order chi connectivity index (χ0) is 18.0. The first-order valence-corrected chi connectivity index (χ1v) is 11.0. The van der Waals surface area contributed by atoms with Crippen LogP contribution < -0.4 is 10.5 Å². The van der Waals surface area contributed by atoms with E-state index in [9.17, 15) is 21.6 Å². The van der Waals surface area contributed by atoms with Crippen molar-refractivity contribution in [3.05, 3.63) is 29.8 Å². The molecule has 1 atom stereocenters. The highest BCUT2D eigenvalue weighted by atomic mass is 32.2. The van der Waals surface area contributed by atoms with Gasteiger partial charge in [-0.25, -0.2) is 22.0 Å². The summed E-state index contributed by atoms with van der Waals surface area (Å²) < 4.78 is 46.9. The number of nitrogens with two attached hydrogens (primary N) is 1. The minimum atomic E-state index is -3.61. The van der Waals surface area contributed by atoms with Crippen LogP contribution in [0.3, 0.4) is 0 Å². The second-order valence-electron chi connectivity index (χ2n) is 5.88. The smallest absolute Gasteiger partial charge is 0.242 e. The van der Waals surface area contributed by atoms with Crippen LogP contribution in [-0.2, 0) is 30.6 Å². The molecule has 134 valence electrons. The summed E-state index contributed by atoms with van der Waals surface area (Å²) in [6.45, 7) is 0.338. The van der Waals surface area contributed by atoms with Gasteiger partial charge < -0.3 is 5.32 Å². The Labute approximate surface area is 142 Å². The van der Waals surface area contributed by atoms with Crippen LogP contribution in [-0.4, -0.2) is 45.9 Å². The van der Waals surface area contributed by atoms with Gasteiger partial charge in [-0.2, -0.15) is 4.31 Å². The highest BCUT2D eigenvalue weighted by Gasteiger charge is 2.34. The zero-order valence-electron chi connectivity index (χ0n) is 13.3. The van der Waals surface area contributed by atoms with Gasteiger partial charge in [-0.3, -0.25) is 4.79 Å². The second-order valence-corrected chi connectivity index (χ2v) is 9.43. The van der Waals surface area contributed by atoms with Crippen molar-refractivity contribution in [3.8, 4) is 0 Å². The molecular formula is C14H21N3O5S2. The Hall–Kier alpha value is -1.49. The molecule has 10 heteroatoms. The van der Waals surface area contributed by atoms with Gasteiger partial charge in [-0.05, 0) is 30.5 Å². The number of anilines is 1. The van der Waals surface area contributed by atoms with Crippen molar-refractivity contribution in [2.45, 2.75) is 31.1 Å². The number of carbonyl (C=O) groups is 1. The Balaban J connectivity index is 2.08. The van der Waals surface area contributed by atoms with Gasteiger partial charge in [0, 0.05) is 12.2 Å². The molecule has 1 heterocycles. The van der Waals surface area contributed by atoms with Gasteiger partial charge in [0.05, 0.1) is 12.0 Å². The molecule has 1 amide bonds. The highest BCUT2D eigenvalue weighted by Crippen LogP contribution is 2.21. The summed E-state index contributed by atoms with van der Waals surface area (Å²) in [5.74, 6) is -0.676. The Kier molecular flexibility index (Phi) is 5.63. The lowest BCUT2D eigenvalue weighted by Crippen LogP contribution is -2.49. The maximum atomic E-state index is 12.4. The summed E-state index contributed by atoms with van der Waals surface area (Å²) in [4.78, 5) is 12.4. The fourth-order valence-electron chi connectivity index (χ4n) is 2.71. The van der Waals surface area contributed by atoms with E-state index in [4.69, 9.17) is 5.14 Å². The van der Waals surface area contributed by atoms with E-state index in [0.717, 1.165) is 19.1 Å². The molecule has 1 aliphatic rings. The molecule has 1 fully saturated rings. The standard InChI is InChI=1S/C14H21N3O5S2/c1-23(19,20)17-9-3-2-4-13(17)14(18)16-12-7-5-11(6-8-12)10-24(15,21)22/h5-8,13H,2-4,9-10H2,1H3,(H,16,18)(H2,15,21,22). The number of benzene rings is 1. The lowest BCUT2D eigenvalue weighted by Gasteiger charge is -2.32. The minimum Gasteiger partial charge on any atom is -0.325 e. The fourth-order valence-corrected chi connectivity index (χ4v) is 4.49. The highest BCUT2D eigenvalue weighted by molar-refractivity contribution is 7.88. The molecule has 1 aromatic rings. The van der Waals surface area contributed by atoms with Gasteiger partial charge in [0.1, 0.15) is 6.04 Å². The molecule has 0 bridgehead atoms. The average molecular weight is 375 g/mol. The van der Waals surface area contributed by atoms with Crippen molar-refractivity contribution < 1.29 is 21.6 Å². The summed E-state index contributed by atoms with van der Waals surface area (Å²) >= 11 is 0. The molecule has 1 aromatic carbocycles. The van der Waals surface area contributed by atoms with Crippen LogP contribution in [0, 0.1) is 0 Å². The lowest BCUT2D eigenvalue weighted by molar-refractivity contribution is -0.120. The molecule has 3 N–H and O–H groups in total. The molecule has 0 radical (unpaired) electrons. The van der Waals surface area contributed by atoms with Gasteiger partial charge in [0.25, 0.3) is 0 Å². The van der Waals surface area contributed by atoms with Crippen molar-refractivity contribution in [1.82, 2.24) is 4.31 Å². The molecule has 0 spiro atoms. The third-order valence-electron chi connectivity index (χ3n) is 3.77. The van der Waals surface area contributed by atoms with Gasteiger partial charge >= 0.3 is 0 Å². The summed E-state index contributed by atoms with van der Waals surface area (Å²) in [5.41, 5.74) is 0.975. The predicted octanol–water partition coefficient (Wildman–Crippen LogP) is 0.228. The normalized spacial score (nSPS) is 19.8. The number of amides is 1. The Morgan fingerprint density at radius 2 is 1.83 bits per heavy atom. The monoisotopic (exact) mass is 375 g/mol. The van der Waals surface area contributed by atoms with Crippen LogP contribution in [0.2, 0.25) is 0 Å². The number of nitrogens with zero attached hydrogens (tertiary/aromatic N) is 1. The van der Waals surface area contributed by atoms with E-state index in [-0.39, 0.29) is 11.7 Å². The predicted molar refractivity (Wildman–Crippen MR) is 91.1 cm³/mol.